The molecule has 0 fully saturated rings. The van der Waals surface area contributed by atoms with Gasteiger partial charge in [0.1, 0.15) is 0 Å². The molecule has 0 aromatic heterocycles. The quantitative estimate of drug-likeness (QED) is 0.616. The van der Waals surface area contributed by atoms with Gasteiger partial charge in [0.15, 0.2) is 0 Å². The Labute approximate surface area is 60.7 Å². The van der Waals surface area contributed by atoms with Gasteiger partial charge in [-0.15, -0.1) is 0 Å². The van der Waals surface area contributed by atoms with E-state index in [-0.39, 0.29) is 6.51 Å². The van der Waals surface area contributed by atoms with Crippen molar-refractivity contribution in [3.05, 3.63) is 30.3 Å². The van der Waals surface area contributed by atoms with E-state index in [0.717, 1.165) is 5.75 Å². The van der Waals surface area contributed by atoms with E-state index in [4.69, 9.17) is 9.76 Å². The molecule has 0 aliphatic rings. The second-order valence-corrected chi connectivity index (χ2v) is 1.78. The molecule has 1 rings (SSSR count). The second kappa shape index (κ2) is 3.96. The average molecular weight is 135 g/mol. The molecule has 10 heavy (non-hydrogen) atoms. The monoisotopic (exact) mass is 135 g/mol. The molecule has 0 spiro atoms. The molecular weight excluding hydrogens is 127 g/mol. The lowest BCUT2D eigenvalue weighted by Gasteiger charge is -2.00. The molecule has 0 saturated heterocycles. The van der Waals surface area contributed by atoms with E-state index in [9.17, 15) is 0 Å². The number of aliphatic hydroxyl groups excluding tert-OH is 1. The maximum atomic E-state index is 8.35. The molecule has 1 aromatic carbocycles. The molecule has 0 amide bonds. The minimum Gasteiger partial charge on any atom is -0.560 e. The highest BCUT2D eigenvalue weighted by Gasteiger charge is 1.90. The molecule has 0 atom stereocenters. The van der Waals surface area contributed by atoms with E-state index in [1.54, 1.807) is 0 Å². The van der Waals surface area contributed by atoms with Crippen molar-refractivity contribution < 1.29 is 9.76 Å². The Hall–Kier alpha value is -0.955. The summed E-state index contributed by atoms with van der Waals surface area (Å²) in [5, 5.41) is 8.35. The van der Waals surface area contributed by atoms with Gasteiger partial charge in [0.2, 0.25) is 0 Å². The smallest absolute Gasteiger partial charge is 0.397 e. The van der Waals surface area contributed by atoms with Gasteiger partial charge in [-0.25, -0.2) is 0 Å². The van der Waals surface area contributed by atoms with Crippen LogP contribution in [0.2, 0.25) is 0 Å². The van der Waals surface area contributed by atoms with Crippen LogP contribution in [-0.2, 0) is 0 Å². The molecular formula is C7H8BO2. The Morgan fingerprint density at radius 1 is 1.30 bits per heavy atom. The van der Waals surface area contributed by atoms with Gasteiger partial charge >= 0.3 is 7.48 Å². The summed E-state index contributed by atoms with van der Waals surface area (Å²) in [5.41, 5.74) is 0. The van der Waals surface area contributed by atoms with Crippen molar-refractivity contribution in [3.63, 3.8) is 0 Å². The molecule has 1 radical (unpaired) electrons. The molecule has 3 heteroatoms. The summed E-state index contributed by atoms with van der Waals surface area (Å²) >= 11 is 0. The Bertz CT molecular complexity index is 176. The maximum absolute atomic E-state index is 8.35. The molecule has 0 heterocycles. The lowest BCUT2D eigenvalue weighted by Crippen LogP contribution is -2.06. The second-order valence-electron chi connectivity index (χ2n) is 1.78. The molecule has 2 nitrogen and oxygen atoms in total. The van der Waals surface area contributed by atoms with Gasteiger partial charge < -0.3 is 9.76 Å². The zero-order valence-electron chi connectivity index (χ0n) is 5.53. The van der Waals surface area contributed by atoms with Crippen molar-refractivity contribution in [2.24, 2.45) is 0 Å². The highest BCUT2D eigenvalue weighted by atomic mass is 16.4. The van der Waals surface area contributed by atoms with Gasteiger partial charge in [-0.3, -0.25) is 0 Å². The minimum absolute atomic E-state index is 0.0606. The predicted octanol–water partition coefficient (Wildman–Crippen LogP) is 0.634. The topological polar surface area (TPSA) is 29.5 Å². The summed E-state index contributed by atoms with van der Waals surface area (Å²) in [6.07, 6.45) is 0. The largest absolute Gasteiger partial charge is 0.560 e. The first-order valence-corrected chi connectivity index (χ1v) is 3.07. The lowest BCUT2D eigenvalue weighted by atomic mass is 10.1. The first kappa shape index (κ1) is 7.16. The Morgan fingerprint density at radius 2 is 2.00 bits per heavy atom. The van der Waals surface area contributed by atoms with Crippen LogP contribution in [0.25, 0.3) is 0 Å². The molecule has 51 valence electrons. The molecule has 0 aliphatic heterocycles. The summed E-state index contributed by atoms with van der Waals surface area (Å²) in [7, 11) is 1.34. The van der Waals surface area contributed by atoms with Crippen molar-refractivity contribution in [1.82, 2.24) is 0 Å². The molecule has 0 aliphatic carbocycles. The van der Waals surface area contributed by atoms with Crippen LogP contribution in [0.4, 0.5) is 0 Å². The van der Waals surface area contributed by atoms with E-state index >= 15 is 0 Å². The van der Waals surface area contributed by atoms with Crippen molar-refractivity contribution in [3.8, 4) is 5.75 Å². The third-order valence-corrected chi connectivity index (χ3v) is 1.04. The van der Waals surface area contributed by atoms with Crippen LogP contribution >= 0.6 is 0 Å². The molecule has 0 unspecified atom stereocenters. The van der Waals surface area contributed by atoms with E-state index < -0.39 is 0 Å². The third kappa shape index (κ3) is 2.11. The average Bonchev–Trinajstić information content (AvgIpc) is 2.03. The summed E-state index contributed by atoms with van der Waals surface area (Å²) in [4.78, 5) is 0. The van der Waals surface area contributed by atoms with E-state index in [1.165, 1.54) is 7.48 Å². The molecule has 1 aromatic rings. The van der Waals surface area contributed by atoms with Crippen LogP contribution in [0, 0.1) is 0 Å². The van der Waals surface area contributed by atoms with E-state index in [0.29, 0.717) is 0 Å². The normalized spacial score (nSPS) is 8.90. The summed E-state index contributed by atoms with van der Waals surface area (Å²) in [6, 6.07) is 9.31. The fourth-order valence-corrected chi connectivity index (χ4v) is 0.633. The fraction of sp³-hybridized carbons (Fsp3) is 0.143. The minimum atomic E-state index is -0.0606. The highest BCUT2D eigenvalue weighted by Crippen LogP contribution is 2.06. The van der Waals surface area contributed by atoms with Gasteiger partial charge in [0, 0.05) is 0 Å². The Kier molecular flexibility index (Phi) is 2.83. The molecule has 0 saturated carbocycles. The van der Waals surface area contributed by atoms with Gasteiger partial charge in [-0.2, -0.15) is 0 Å². The van der Waals surface area contributed by atoms with Gasteiger partial charge in [-0.05, 0) is 12.1 Å². The first-order chi connectivity index (χ1) is 4.93. The van der Waals surface area contributed by atoms with E-state index in [1.807, 2.05) is 30.3 Å². The van der Waals surface area contributed by atoms with Crippen LogP contribution < -0.4 is 4.65 Å². The zero-order valence-corrected chi connectivity index (χ0v) is 5.53. The Balaban J connectivity index is 2.43. The predicted molar refractivity (Wildman–Crippen MR) is 39.9 cm³/mol. The van der Waals surface area contributed by atoms with Crippen molar-refractivity contribution in [2.45, 2.75) is 0 Å². The van der Waals surface area contributed by atoms with Crippen LogP contribution in [0.3, 0.4) is 0 Å². The summed E-state index contributed by atoms with van der Waals surface area (Å²) in [5.74, 6) is 0.747. The zero-order chi connectivity index (χ0) is 7.23. The van der Waals surface area contributed by atoms with Crippen LogP contribution in [-0.4, -0.2) is 19.1 Å². The van der Waals surface area contributed by atoms with Gasteiger partial charge in [-0.1, -0.05) is 18.2 Å². The summed E-state index contributed by atoms with van der Waals surface area (Å²) in [6.45, 7) is -0.0606. The number of aliphatic hydroxyl groups is 1. The van der Waals surface area contributed by atoms with Crippen LogP contribution in [0.15, 0.2) is 30.3 Å². The van der Waals surface area contributed by atoms with Crippen LogP contribution in [0.1, 0.15) is 0 Å². The highest BCUT2D eigenvalue weighted by molar-refractivity contribution is 6.27. The summed E-state index contributed by atoms with van der Waals surface area (Å²) < 4.78 is 4.98. The van der Waals surface area contributed by atoms with E-state index in [2.05, 4.69) is 0 Å². The number of rotatable bonds is 3. The third-order valence-electron chi connectivity index (χ3n) is 1.04. The van der Waals surface area contributed by atoms with Crippen LogP contribution in [0.5, 0.6) is 5.75 Å². The number of hydrogen-bond donors (Lipinski definition) is 1. The fourth-order valence-electron chi connectivity index (χ4n) is 0.633. The standard InChI is InChI=1S/C7H8BO2/c9-6-8-10-7-4-2-1-3-5-7/h1-5,9H,6H2. The lowest BCUT2D eigenvalue weighted by molar-refractivity contribution is 0.350. The first-order valence-electron chi connectivity index (χ1n) is 3.07. The van der Waals surface area contributed by atoms with Crippen molar-refractivity contribution in [1.29, 1.82) is 0 Å². The van der Waals surface area contributed by atoms with Gasteiger partial charge in [0.25, 0.3) is 0 Å². The SMILES string of the molecule is OC[B]Oc1ccccc1. The number of benzene rings is 1. The van der Waals surface area contributed by atoms with Gasteiger partial charge in [0.05, 0.1) is 12.3 Å². The van der Waals surface area contributed by atoms with Crippen molar-refractivity contribution in [2.75, 3.05) is 6.51 Å². The maximum Gasteiger partial charge on any atom is 0.397 e. The molecule has 1 N–H and O–H groups in total. The number of hydrogen-bond acceptors (Lipinski definition) is 2. The van der Waals surface area contributed by atoms with Crippen molar-refractivity contribution >= 4 is 7.48 Å². The molecule has 0 bridgehead atoms. The number of para-hydroxylation sites is 1. The Morgan fingerprint density at radius 3 is 2.60 bits per heavy atom.